The van der Waals surface area contributed by atoms with E-state index in [2.05, 4.69) is 12.1 Å². The van der Waals surface area contributed by atoms with Gasteiger partial charge in [-0.1, -0.05) is 31.0 Å². The molecule has 1 aliphatic carbocycles. The van der Waals surface area contributed by atoms with Gasteiger partial charge in [-0.05, 0) is 49.3 Å². The third-order valence-corrected chi connectivity index (χ3v) is 3.96. The molecule has 0 aromatic heterocycles. The van der Waals surface area contributed by atoms with Gasteiger partial charge in [0.05, 0.1) is 5.92 Å². The van der Waals surface area contributed by atoms with Gasteiger partial charge in [0.15, 0.2) is 0 Å². The van der Waals surface area contributed by atoms with Gasteiger partial charge < -0.3 is 5.11 Å². The minimum atomic E-state index is -0.748. The zero-order chi connectivity index (χ0) is 12.4. The predicted molar refractivity (Wildman–Crippen MR) is 68.4 cm³/mol. The van der Waals surface area contributed by atoms with E-state index in [1.807, 2.05) is 13.0 Å². The molecule has 0 radical (unpaired) electrons. The van der Waals surface area contributed by atoms with Gasteiger partial charge in [0.2, 0.25) is 0 Å². The van der Waals surface area contributed by atoms with Crippen molar-refractivity contribution in [2.24, 2.45) is 0 Å². The van der Waals surface area contributed by atoms with Crippen LogP contribution < -0.4 is 0 Å². The van der Waals surface area contributed by atoms with Crippen LogP contribution in [0.3, 0.4) is 0 Å². The molecule has 1 aliphatic rings. The molecule has 92 valence electrons. The highest BCUT2D eigenvalue weighted by atomic mass is 16.4. The molecule has 2 nitrogen and oxygen atoms in total. The van der Waals surface area contributed by atoms with Crippen LogP contribution in [0.5, 0.6) is 0 Å². The van der Waals surface area contributed by atoms with Gasteiger partial charge in [0, 0.05) is 0 Å². The topological polar surface area (TPSA) is 37.3 Å². The Labute approximate surface area is 103 Å². The van der Waals surface area contributed by atoms with E-state index in [0.29, 0.717) is 5.92 Å². The molecule has 1 N–H and O–H groups in total. The molecular formula is C15H20O2. The molecule has 0 spiro atoms. The number of carboxylic acid groups (broad SMARTS) is 1. The van der Waals surface area contributed by atoms with Crippen LogP contribution in [-0.2, 0) is 4.79 Å². The molecule has 0 heterocycles. The summed E-state index contributed by atoms with van der Waals surface area (Å²) < 4.78 is 0. The Morgan fingerprint density at radius 3 is 2.53 bits per heavy atom. The Balaban J connectivity index is 2.24. The fourth-order valence-electron chi connectivity index (χ4n) is 2.83. The third-order valence-electron chi connectivity index (χ3n) is 3.96. The first-order valence-corrected chi connectivity index (χ1v) is 6.43. The first kappa shape index (κ1) is 12.2. The molecule has 1 fully saturated rings. The van der Waals surface area contributed by atoms with Gasteiger partial charge in [-0.25, -0.2) is 0 Å². The molecule has 1 aromatic rings. The van der Waals surface area contributed by atoms with Gasteiger partial charge in [-0.15, -0.1) is 0 Å². The number of rotatable bonds is 3. The summed E-state index contributed by atoms with van der Waals surface area (Å²) in [7, 11) is 0. The normalized spacial score (nSPS) is 18.2. The summed E-state index contributed by atoms with van der Waals surface area (Å²) in [5.74, 6) is -0.461. The minimum absolute atomic E-state index is 0.410. The van der Waals surface area contributed by atoms with Crippen LogP contribution in [0.15, 0.2) is 18.2 Å². The highest BCUT2D eigenvalue weighted by Gasteiger charge is 2.20. The zero-order valence-electron chi connectivity index (χ0n) is 10.6. The van der Waals surface area contributed by atoms with Crippen molar-refractivity contribution >= 4 is 5.97 Å². The largest absolute Gasteiger partial charge is 0.481 e. The lowest BCUT2D eigenvalue weighted by atomic mass is 9.90. The van der Waals surface area contributed by atoms with E-state index in [-0.39, 0.29) is 0 Å². The van der Waals surface area contributed by atoms with Gasteiger partial charge in [0.1, 0.15) is 0 Å². The number of aliphatic carboxylic acids is 1. The Morgan fingerprint density at radius 2 is 2.00 bits per heavy atom. The van der Waals surface area contributed by atoms with Crippen molar-refractivity contribution in [3.05, 3.63) is 34.9 Å². The molecule has 2 rings (SSSR count). The van der Waals surface area contributed by atoms with E-state index in [1.165, 1.54) is 31.2 Å². The molecule has 1 aromatic carbocycles. The van der Waals surface area contributed by atoms with E-state index < -0.39 is 11.9 Å². The maximum absolute atomic E-state index is 11.0. The van der Waals surface area contributed by atoms with Crippen molar-refractivity contribution in [1.82, 2.24) is 0 Å². The van der Waals surface area contributed by atoms with Gasteiger partial charge >= 0.3 is 5.97 Å². The molecule has 0 saturated heterocycles. The van der Waals surface area contributed by atoms with E-state index in [1.54, 1.807) is 6.92 Å². The van der Waals surface area contributed by atoms with Crippen LogP contribution in [-0.4, -0.2) is 11.1 Å². The lowest BCUT2D eigenvalue weighted by Gasteiger charge is -2.15. The van der Waals surface area contributed by atoms with Gasteiger partial charge in [-0.2, -0.15) is 0 Å². The SMILES string of the molecule is Cc1cc(C2CCCC2)ccc1C(C)C(=O)O. The lowest BCUT2D eigenvalue weighted by Crippen LogP contribution is -2.09. The van der Waals surface area contributed by atoms with E-state index in [4.69, 9.17) is 5.11 Å². The highest BCUT2D eigenvalue weighted by Crippen LogP contribution is 2.35. The summed E-state index contributed by atoms with van der Waals surface area (Å²) in [6.45, 7) is 3.77. The predicted octanol–water partition coefficient (Wildman–Crippen LogP) is 3.84. The highest BCUT2D eigenvalue weighted by molar-refractivity contribution is 5.76. The molecule has 0 bridgehead atoms. The smallest absolute Gasteiger partial charge is 0.310 e. The Hall–Kier alpha value is -1.31. The quantitative estimate of drug-likeness (QED) is 0.859. The van der Waals surface area contributed by atoms with Gasteiger partial charge in [0.25, 0.3) is 0 Å². The van der Waals surface area contributed by atoms with Crippen LogP contribution in [0.25, 0.3) is 0 Å². The van der Waals surface area contributed by atoms with Crippen LogP contribution in [0.1, 0.15) is 61.1 Å². The van der Waals surface area contributed by atoms with Crippen LogP contribution in [0.4, 0.5) is 0 Å². The van der Waals surface area contributed by atoms with Crippen molar-refractivity contribution in [1.29, 1.82) is 0 Å². The second kappa shape index (κ2) is 4.91. The van der Waals surface area contributed by atoms with Crippen molar-refractivity contribution in [3.63, 3.8) is 0 Å². The molecule has 0 aliphatic heterocycles. The Kier molecular flexibility index (Phi) is 3.51. The average molecular weight is 232 g/mol. The Morgan fingerprint density at radius 1 is 1.35 bits per heavy atom. The standard InChI is InChI=1S/C15H20O2/c1-10-9-13(12-5-3-4-6-12)7-8-14(10)11(2)15(16)17/h7-9,11-12H,3-6H2,1-2H3,(H,16,17). The molecular weight excluding hydrogens is 212 g/mol. The molecule has 2 heteroatoms. The van der Waals surface area contributed by atoms with Crippen molar-refractivity contribution in [3.8, 4) is 0 Å². The minimum Gasteiger partial charge on any atom is -0.481 e. The van der Waals surface area contributed by atoms with Crippen LogP contribution in [0.2, 0.25) is 0 Å². The van der Waals surface area contributed by atoms with E-state index in [9.17, 15) is 4.79 Å². The summed E-state index contributed by atoms with van der Waals surface area (Å²) in [5, 5.41) is 9.04. The summed E-state index contributed by atoms with van der Waals surface area (Å²) in [6, 6.07) is 6.31. The van der Waals surface area contributed by atoms with Crippen molar-refractivity contribution < 1.29 is 9.90 Å². The van der Waals surface area contributed by atoms with E-state index in [0.717, 1.165) is 11.1 Å². The lowest BCUT2D eigenvalue weighted by molar-refractivity contribution is -0.138. The monoisotopic (exact) mass is 232 g/mol. The second-order valence-corrected chi connectivity index (χ2v) is 5.16. The fraction of sp³-hybridized carbons (Fsp3) is 0.533. The maximum Gasteiger partial charge on any atom is 0.310 e. The number of aryl methyl sites for hydroxylation is 1. The number of carbonyl (C=O) groups is 1. The number of hydrogen-bond donors (Lipinski definition) is 1. The Bertz CT molecular complexity index is 417. The molecule has 0 amide bonds. The first-order chi connectivity index (χ1) is 8.09. The van der Waals surface area contributed by atoms with E-state index >= 15 is 0 Å². The zero-order valence-corrected chi connectivity index (χ0v) is 10.6. The van der Waals surface area contributed by atoms with Crippen molar-refractivity contribution in [2.75, 3.05) is 0 Å². The van der Waals surface area contributed by atoms with Crippen molar-refractivity contribution in [2.45, 2.75) is 51.4 Å². The van der Waals surface area contributed by atoms with Crippen LogP contribution >= 0.6 is 0 Å². The number of benzene rings is 1. The molecule has 1 unspecified atom stereocenters. The van der Waals surface area contributed by atoms with Crippen LogP contribution in [0, 0.1) is 6.92 Å². The molecule has 17 heavy (non-hydrogen) atoms. The molecule has 1 saturated carbocycles. The van der Waals surface area contributed by atoms with Gasteiger partial charge in [-0.3, -0.25) is 4.79 Å². The third kappa shape index (κ3) is 2.51. The average Bonchev–Trinajstić information content (AvgIpc) is 2.81. The fourth-order valence-corrected chi connectivity index (χ4v) is 2.83. The number of carboxylic acids is 1. The first-order valence-electron chi connectivity index (χ1n) is 6.43. The second-order valence-electron chi connectivity index (χ2n) is 5.16. The maximum atomic E-state index is 11.0. The number of hydrogen-bond acceptors (Lipinski definition) is 1. The summed E-state index contributed by atoms with van der Waals surface area (Å²) in [5.41, 5.74) is 3.45. The molecule has 1 atom stereocenters. The summed E-state index contributed by atoms with van der Waals surface area (Å²) in [4.78, 5) is 11.0. The summed E-state index contributed by atoms with van der Waals surface area (Å²) in [6.07, 6.45) is 5.23. The summed E-state index contributed by atoms with van der Waals surface area (Å²) >= 11 is 0.